The molecule has 5 heteroatoms. The number of aliphatic hydroxyl groups is 1. The molecule has 1 saturated heterocycles. The number of hydrogen-bond acceptors (Lipinski definition) is 4. The van der Waals surface area contributed by atoms with Crippen LogP contribution in [0.5, 0.6) is 0 Å². The van der Waals surface area contributed by atoms with Crippen LogP contribution >= 0.6 is 0 Å². The molecule has 23 heavy (non-hydrogen) atoms. The van der Waals surface area contributed by atoms with Crippen LogP contribution in [-0.4, -0.2) is 61.4 Å². The van der Waals surface area contributed by atoms with Crippen molar-refractivity contribution in [3.05, 3.63) is 34.9 Å². The minimum Gasteiger partial charge on any atom is -0.390 e. The predicted molar refractivity (Wildman–Crippen MR) is 90.5 cm³/mol. The molecule has 0 radical (unpaired) electrons. The maximum absolute atomic E-state index is 11.9. The van der Waals surface area contributed by atoms with Crippen LogP contribution in [-0.2, 0) is 16.0 Å². The first-order valence-electron chi connectivity index (χ1n) is 8.35. The van der Waals surface area contributed by atoms with Gasteiger partial charge in [0.05, 0.1) is 19.3 Å². The Balaban J connectivity index is 1.66. The van der Waals surface area contributed by atoms with Gasteiger partial charge in [-0.05, 0) is 31.4 Å². The number of ether oxygens (including phenoxy) is 1. The Bertz CT molecular complexity index is 513. The molecule has 5 nitrogen and oxygen atoms in total. The van der Waals surface area contributed by atoms with E-state index in [1.165, 1.54) is 16.7 Å². The monoisotopic (exact) mass is 320 g/mol. The molecule has 1 aromatic rings. The summed E-state index contributed by atoms with van der Waals surface area (Å²) in [5.41, 5.74) is 3.67. The Labute approximate surface area is 138 Å². The number of rotatable bonds is 7. The third kappa shape index (κ3) is 6.29. The maximum atomic E-state index is 11.9. The van der Waals surface area contributed by atoms with Gasteiger partial charge in [-0.15, -0.1) is 0 Å². The van der Waals surface area contributed by atoms with Crippen LogP contribution in [0.2, 0.25) is 0 Å². The second kappa shape index (κ2) is 9.01. The van der Waals surface area contributed by atoms with E-state index < -0.39 is 6.10 Å². The second-order valence-corrected chi connectivity index (χ2v) is 6.30. The first kappa shape index (κ1) is 17.9. The largest absolute Gasteiger partial charge is 0.390 e. The fourth-order valence-corrected chi connectivity index (χ4v) is 2.84. The molecule has 1 heterocycles. The number of aliphatic hydroxyl groups excluding tert-OH is 1. The summed E-state index contributed by atoms with van der Waals surface area (Å²) in [5, 5.41) is 12.8. The van der Waals surface area contributed by atoms with Gasteiger partial charge in [0.25, 0.3) is 0 Å². The third-order valence-electron chi connectivity index (χ3n) is 4.23. The minimum atomic E-state index is -0.529. The molecule has 0 spiro atoms. The number of morpholine rings is 1. The smallest absolute Gasteiger partial charge is 0.220 e. The highest BCUT2D eigenvalue weighted by Crippen LogP contribution is 2.12. The highest BCUT2D eigenvalue weighted by molar-refractivity contribution is 5.76. The molecular formula is C18H28N2O3. The first-order chi connectivity index (χ1) is 11.0. The topological polar surface area (TPSA) is 61.8 Å². The van der Waals surface area contributed by atoms with Crippen LogP contribution in [0.4, 0.5) is 0 Å². The molecule has 1 aliphatic heterocycles. The predicted octanol–water partition coefficient (Wildman–Crippen LogP) is 1.05. The highest BCUT2D eigenvalue weighted by atomic mass is 16.5. The van der Waals surface area contributed by atoms with Crippen LogP contribution in [0.15, 0.2) is 18.2 Å². The molecule has 1 amide bonds. The van der Waals surface area contributed by atoms with Gasteiger partial charge in [0.15, 0.2) is 0 Å². The van der Waals surface area contributed by atoms with E-state index in [1.807, 2.05) is 0 Å². The van der Waals surface area contributed by atoms with Crippen molar-refractivity contribution >= 4 is 5.91 Å². The molecule has 0 aliphatic carbocycles. The molecule has 1 aliphatic rings. The third-order valence-corrected chi connectivity index (χ3v) is 4.23. The number of nitrogens with zero attached hydrogens (tertiary/aromatic N) is 1. The van der Waals surface area contributed by atoms with Gasteiger partial charge >= 0.3 is 0 Å². The number of hydrogen-bond donors (Lipinski definition) is 2. The van der Waals surface area contributed by atoms with Crippen LogP contribution in [0.25, 0.3) is 0 Å². The van der Waals surface area contributed by atoms with E-state index in [1.54, 1.807) is 0 Å². The maximum Gasteiger partial charge on any atom is 0.220 e. The molecular weight excluding hydrogens is 292 g/mol. The van der Waals surface area contributed by atoms with Crippen LogP contribution in [0.3, 0.4) is 0 Å². The van der Waals surface area contributed by atoms with Gasteiger partial charge in [-0.25, -0.2) is 0 Å². The van der Waals surface area contributed by atoms with Gasteiger partial charge in [-0.1, -0.05) is 23.8 Å². The zero-order valence-corrected chi connectivity index (χ0v) is 14.2. The number of amides is 1. The SMILES string of the molecule is Cc1ccc(CCC(=O)NCC(O)CN2CCOCC2)c(C)c1. The number of β-amino-alcohol motifs (C(OH)–C–C–N with tert-alkyl or cyclic N) is 1. The van der Waals surface area contributed by atoms with Crippen molar-refractivity contribution in [3.63, 3.8) is 0 Å². The summed E-state index contributed by atoms with van der Waals surface area (Å²) in [6, 6.07) is 6.30. The molecule has 1 atom stereocenters. The quantitative estimate of drug-likeness (QED) is 0.788. The lowest BCUT2D eigenvalue weighted by atomic mass is 10.0. The summed E-state index contributed by atoms with van der Waals surface area (Å²) in [5.74, 6) is -0.00833. The van der Waals surface area contributed by atoms with Crippen LogP contribution < -0.4 is 5.32 Å². The Morgan fingerprint density at radius 3 is 2.78 bits per heavy atom. The van der Waals surface area contributed by atoms with Gasteiger partial charge in [-0.3, -0.25) is 9.69 Å². The summed E-state index contributed by atoms with van der Waals surface area (Å²) in [6.07, 6.45) is 0.657. The average Bonchev–Trinajstić information content (AvgIpc) is 2.53. The molecule has 2 N–H and O–H groups in total. The summed E-state index contributed by atoms with van der Waals surface area (Å²) >= 11 is 0. The first-order valence-corrected chi connectivity index (χ1v) is 8.35. The van der Waals surface area contributed by atoms with Gasteiger partial charge in [0, 0.05) is 32.6 Å². The van der Waals surface area contributed by atoms with E-state index in [0.717, 1.165) is 32.7 Å². The highest BCUT2D eigenvalue weighted by Gasteiger charge is 2.15. The summed E-state index contributed by atoms with van der Waals surface area (Å²) in [7, 11) is 0. The molecule has 1 aromatic carbocycles. The Hall–Kier alpha value is -1.43. The lowest BCUT2D eigenvalue weighted by Gasteiger charge is -2.28. The van der Waals surface area contributed by atoms with Gasteiger partial charge in [-0.2, -0.15) is 0 Å². The van der Waals surface area contributed by atoms with Gasteiger partial charge in [0.1, 0.15) is 0 Å². The Kier molecular flexibility index (Phi) is 7.02. The van der Waals surface area contributed by atoms with E-state index >= 15 is 0 Å². The van der Waals surface area contributed by atoms with Crippen molar-refractivity contribution in [2.75, 3.05) is 39.4 Å². The van der Waals surface area contributed by atoms with Gasteiger partial charge < -0.3 is 15.2 Å². The fourth-order valence-electron chi connectivity index (χ4n) is 2.84. The number of aryl methyl sites for hydroxylation is 3. The summed E-state index contributed by atoms with van der Waals surface area (Å²) in [4.78, 5) is 14.1. The lowest BCUT2D eigenvalue weighted by Crippen LogP contribution is -2.44. The number of nitrogens with one attached hydrogen (secondary N) is 1. The molecule has 0 saturated carbocycles. The van der Waals surface area contributed by atoms with Crippen molar-refractivity contribution < 1.29 is 14.6 Å². The molecule has 128 valence electrons. The Morgan fingerprint density at radius 1 is 1.35 bits per heavy atom. The zero-order valence-electron chi connectivity index (χ0n) is 14.2. The van der Waals surface area contributed by atoms with E-state index in [9.17, 15) is 9.90 Å². The van der Waals surface area contributed by atoms with Crippen molar-refractivity contribution in [2.45, 2.75) is 32.8 Å². The second-order valence-electron chi connectivity index (χ2n) is 6.30. The van der Waals surface area contributed by atoms with Crippen molar-refractivity contribution in [3.8, 4) is 0 Å². The minimum absolute atomic E-state index is 0.00833. The number of carbonyl (C=O) groups is 1. The van der Waals surface area contributed by atoms with E-state index in [4.69, 9.17) is 4.74 Å². The molecule has 2 rings (SSSR count). The van der Waals surface area contributed by atoms with Crippen molar-refractivity contribution in [1.29, 1.82) is 0 Å². The van der Waals surface area contributed by atoms with Crippen molar-refractivity contribution in [2.24, 2.45) is 0 Å². The normalized spacial score (nSPS) is 17.0. The number of benzene rings is 1. The summed E-state index contributed by atoms with van der Waals surface area (Å²) in [6.45, 7) is 8.16. The van der Waals surface area contributed by atoms with E-state index in [-0.39, 0.29) is 5.91 Å². The average molecular weight is 320 g/mol. The van der Waals surface area contributed by atoms with Crippen LogP contribution in [0.1, 0.15) is 23.1 Å². The van der Waals surface area contributed by atoms with E-state index in [0.29, 0.717) is 19.5 Å². The fraction of sp³-hybridized carbons (Fsp3) is 0.611. The molecule has 1 unspecified atom stereocenters. The zero-order chi connectivity index (χ0) is 16.7. The number of carbonyl (C=O) groups excluding carboxylic acids is 1. The summed E-state index contributed by atoms with van der Waals surface area (Å²) < 4.78 is 5.28. The molecule has 0 aromatic heterocycles. The standard InChI is InChI=1S/C18H28N2O3/c1-14-3-4-16(15(2)11-14)5-6-18(22)19-12-17(21)13-20-7-9-23-10-8-20/h3-4,11,17,21H,5-10,12-13H2,1-2H3,(H,19,22). The van der Waals surface area contributed by atoms with E-state index in [2.05, 4.69) is 42.3 Å². The lowest BCUT2D eigenvalue weighted by molar-refractivity contribution is -0.121. The van der Waals surface area contributed by atoms with Gasteiger partial charge in [0.2, 0.25) is 5.91 Å². The van der Waals surface area contributed by atoms with Crippen LogP contribution in [0, 0.1) is 13.8 Å². The molecule has 0 bridgehead atoms. The van der Waals surface area contributed by atoms with Crippen molar-refractivity contribution in [1.82, 2.24) is 10.2 Å². The Morgan fingerprint density at radius 2 is 2.09 bits per heavy atom. The molecule has 1 fully saturated rings.